The van der Waals surface area contributed by atoms with Crippen LogP contribution in [0.15, 0.2) is 52.2 Å². The molecule has 1 aromatic heterocycles. The molecule has 0 radical (unpaired) electrons. The number of nitrogens with zero attached hydrogens (tertiary/aromatic N) is 2. The Labute approximate surface area is 156 Å². The average Bonchev–Trinajstić information content (AvgIpc) is 3.16. The minimum atomic E-state index is -0.702. The fourth-order valence-corrected chi connectivity index (χ4v) is 3.83. The maximum atomic E-state index is 12.6. The summed E-state index contributed by atoms with van der Waals surface area (Å²) >= 11 is 1.60. The van der Waals surface area contributed by atoms with Crippen molar-refractivity contribution in [2.75, 3.05) is 6.54 Å². The van der Waals surface area contributed by atoms with Gasteiger partial charge < -0.3 is 5.32 Å². The van der Waals surface area contributed by atoms with E-state index < -0.39 is 12.1 Å². The first kappa shape index (κ1) is 17.9. The fraction of sp³-hybridized carbons (Fsp3) is 0.250. The number of imide groups is 1. The zero-order chi connectivity index (χ0) is 18.7. The molecule has 1 unspecified atom stereocenters. The lowest BCUT2D eigenvalue weighted by Gasteiger charge is -2.34. The predicted molar refractivity (Wildman–Crippen MR) is 101 cm³/mol. The monoisotopic (exact) mass is 365 g/mol. The molecule has 1 aliphatic heterocycles. The van der Waals surface area contributed by atoms with Gasteiger partial charge in [-0.2, -0.15) is 16.6 Å². The van der Waals surface area contributed by atoms with E-state index in [0.717, 1.165) is 16.7 Å². The van der Waals surface area contributed by atoms with Crippen molar-refractivity contribution < 1.29 is 9.59 Å². The Bertz CT molecular complexity index is 909. The molecule has 1 atom stereocenters. The molecule has 132 valence electrons. The van der Waals surface area contributed by atoms with Crippen LogP contribution in [0.25, 0.3) is 11.1 Å². The number of thiophene rings is 1. The van der Waals surface area contributed by atoms with Crippen LogP contribution < -0.4 is 5.32 Å². The first-order chi connectivity index (χ1) is 12.6. The van der Waals surface area contributed by atoms with Crippen molar-refractivity contribution in [2.45, 2.75) is 26.3 Å². The van der Waals surface area contributed by atoms with E-state index in [0.29, 0.717) is 17.7 Å². The lowest BCUT2D eigenvalue weighted by atomic mass is 9.88. The van der Waals surface area contributed by atoms with Crippen molar-refractivity contribution in [3.05, 3.63) is 57.8 Å². The number of rotatable bonds is 3. The van der Waals surface area contributed by atoms with Gasteiger partial charge in [-0.25, -0.2) is 4.79 Å². The lowest BCUT2D eigenvalue weighted by molar-refractivity contribution is -0.129. The normalized spacial score (nSPS) is 17.2. The second kappa shape index (κ2) is 7.54. The molecule has 0 bridgehead atoms. The van der Waals surface area contributed by atoms with Crippen LogP contribution in [0.1, 0.15) is 31.9 Å². The molecule has 3 amide bonds. The highest BCUT2D eigenvalue weighted by molar-refractivity contribution is 7.08. The van der Waals surface area contributed by atoms with Crippen molar-refractivity contribution in [3.63, 3.8) is 0 Å². The van der Waals surface area contributed by atoms with Gasteiger partial charge in [-0.05, 0) is 59.0 Å². The van der Waals surface area contributed by atoms with Crippen LogP contribution in [0.3, 0.4) is 0 Å². The van der Waals surface area contributed by atoms with Crippen molar-refractivity contribution in [3.8, 4) is 17.2 Å². The molecule has 0 aliphatic carbocycles. The highest BCUT2D eigenvalue weighted by Crippen LogP contribution is 2.37. The van der Waals surface area contributed by atoms with Gasteiger partial charge in [0.15, 0.2) is 0 Å². The van der Waals surface area contributed by atoms with Gasteiger partial charge in [-0.3, -0.25) is 9.69 Å². The summed E-state index contributed by atoms with van der Waals surface area (Å²) in [5, 5.41) is 16.4. The third-order valence-electron chi connectivity index (χ3n) is 4.40. The van der Waals surface area contributed by atoms with Crippen LogP contribution in [0, 0.1) is 11.3 Å². The zero-order valence-electron chi connectivity index (χ0n) is 14.7. The summed E-state index contributed by atoms with van der Waals surface area (Å²) in [6.07, 6.45) is 0.0841. The van der Waals surface area contributed by atoms with Gasteiger partial charge in [0.1, 0.15) is 6.04 Å². The van der Waals surface area contributed by atoms with E-state index in [-0.39, 0.29) is 12.3 Å². The first-order valence-electron chi connectivity index (χ1n) is 8.39. The Kier molecular flexibility index (Phi) is 5.19. The second-order valence-electron chi connectivity index (χ2n) is 6.12. The molecule has 0 saturated heterocycles. The van der Waals surface area contributed by atoms with E-state index in [1.807, 2.05) is 41.1 Å². The van der Waals surface area contributed by atoms with Gasteiger partial charge in [0.05, 0.1) is 11.6 Å². The van der Waals surface area contributed by atoms with E-state index in [1.165, 1.54) is 4.90 Å². The highest BCUT2D eigenvalue weighted by atomic mass is 32.1. The summed E-state index contributed by atoms with van der Waals surface area (Å²) in [7, 11) is 0. The van der Waals surface area contributed by atoms with Crippen LogP contribution in [0.4, 0.5) is 4.79 Å². The fourth-order valence-electron chi connectivity index (χ4n) is 3.17. The average molecular weight is 365 g/mol. The molecule has 5 nitrogen and oxygen atoms in total. The lowest BCUT2D eigenvalue weighted by Crippen LogP contribution is -2.48. The molecule has 1 N–H and O–H groups in total. The molecule has 1 aromatic carbocycles. The Hall–Kier alpha value is -2.91. The minimum Gasteiger partial charge on any atom is -0.338 e. The smallest absolute Gasteiger partial charge is 0.324 e. The van der Waals surface area contributed by atoms with Crippen molar-refractivity contribution in [1.82, 2.24) is 10.2 Å². The summed E-state index contributed by atoms with van der Waals surface area (Å²) in [5.74, 6) is -0.293. The summed E-state index contributed by atoms with van der Waals surface area (Å²) in [6.45, 7) is 3.99. The summed E-state index contributed by atoms with van der Waals surface area (Å²) in [5.41, 5.74) is 3.99. The van der Waals surface area contributed by atoms with Gasteiger partial charge in [0, 0.05) is 13.0 Å². The second-order valence-corrected chi connectivity index (χ2v) is 6.90. The van der Waals surface area contributed by atoms with Gasteiger partial charge in [0.25, 0.3) is 0 Å². The number of carbonyl (C=O) groups excluding carboxylic acids is 2. The molecule has 0 fully saturated rings. The Morgan fingerprint density at radius 2 is 2.19 bits per heavy atom. The van der Waals surface area contributed by atoms with Crippen LogP contribution in [0.2, 0.25) is 0 Å². The topological polar surface area (TPSA) is 73.2 Å². The van der Waals surface area contributed by atoms with E-state index in [4.69, 9.17) is 0 Å². The number of hydrogen-bond donors (Lipinski definition) is 1. The van der Waals surface area contributed by atoms with Gasteiger partial charge in [-0.1, -0.05) is 18.2 Å². The zero-order valence-corrected chi connectivity index (χ0v) is 15.5. The van der Waals surface area contributed by atoms with Crippen LogP contribution >= 0.6 is 11.3 Å². The standard InChI is InChI=1S/C20H19N3O2S/c1-3-22-20(25)23-18(24)9-13(2)17(11-21)19(23)15-6-4-5-14(10-15)16-7-8-26-12-16/h4-8,10,12,19H,3,9H2,1-2H3,(H,22,25). The van der Waals surface area contributed by atoms with Crippen molar-refractivity contribution >= 4 is 23.3 Å². The Morgan fingerprint density at radius 1 is 1.38 bits per heavy atom. The molecular formula is C20H19N3O2S. The summed E-state index contributed by atoms with van der Waals surface area (Å²) in [6, 6.07) is 10.7. The number of nitrogens with one attached hydrogen (secondary N) is 1. The quantitative estimate of drug-likeness (QED) is 0.883. The maximum Gasteiger partial charge on any atom is 0.324 e. The maximum absolute atomic E-state index is 12.6. The van der Waals surface area contributed by atoms with Gasteiger partial charge >= 0.3 is 6.03 Å². The molecule has 0 spiro atoms. The largest absolute Gasteiger partial charge is 0.338 e. The van der Waals surface area contributed by atoms with E-state index in [9.17, 15) is 14.9 Å². The molecule has 2 aromatic rings. The molecule has 1 aliphatic rings. The molecule has 26 heavy (non-hydrogen) atoms. The number of benzene rings is 1. The van der Waals surface area contributed by atoms with Crippen LogP contribution in [-0.2, 0) is 4.79 Å². The molecule has 6 heteroatoms. The SMILES string of the molecule is CCNC(=O)N1C(=O)CC(C)=C(C#N)C1c1cccc(-c2ccsc2)c1. The van der Waals surface area contributed by atoms with Crippen molar-refractivity contribution in [1.29, 1.82) is 5.26 Å². The number of urea groups is 1. The van der Waals surface area contributed by atoms with Crippen LogP contribution in [-0.4, -0.2) is 23.4 Å². The predicted octanol–water partition coefficient (Wildman–Crippen LogP) is 4.26. The van der Waals surface area contributed by atoms with E-state index in [2.05, 4.69) is 11.4 Å². The van der Waals surface area contributed by atoms with E-state index in [1.54, 1.807) is 25.2 Å². The summed E-state index contributed by atoms with van der Waals surface area (Å²) in [4.78, 5) is 26.3. The first-order valence-corrected chi connectivity index (χ1v) is 9.33. The minimum absolute atomic E-state index is 0.0841. The van der Waals surface area contributed by atoms with Crippen LogP contribution in [0.5, 0.6) is 0 Å². The van der Waals surface area contributed by atoms with Gasteiger partial charge in [-0.15, -0.1) is 0 Å². The molecule has 3 rings (SSSR count). The molecule has 0 saturated carbocycles. The third-order valence-corrected chi connectivity index (χ3v) is 5.08. The third kappa shape index (κ3) is 3.26. The molecular weight excluding hydrogens is 346 g/mol. The van der Waals surface area contributed by atoms with Crippen molar-refractivity contribution in [2.24, 2.45) is 0 Å². The summed E-state index contributed by atoms with van der Waals surface area (Å²) < 4.78 is 0. The number of amides is 3. The number of hydrogen-bond acceptors (Lipinski definition) is 4. The highest BCUT2D eigenvalue weighted by Gasteiger charge is 2.38. The Balaban J connectivity index is 2.12. The number of nitriles is 1. The molecule has 2 heterocycles. The van der Waals surface area contributed by atoms with E-state index >= 15 is 0 Å². The number of carbonyl (C=O) groups is 2. The van der Waals surface area contributed by atoms with Gasteiger partial charge in [0.2, 0.25) is 5.91 Å². The Morgan fingerprint density at radius 3 is 2.85 bits per heavy atom.